The van der Waals surface area contributed by atoms with Crippen molar-refractivity contribution in [2.75, 3.05) is 9.80 Å². The summed E-state index contributed by atoms with van der Waals surface area (Å²) in [6.07, 6.45) is 3.61. The predicted octanol–water partition coefficient (Wildman–Crippen LogP) is 11.1. The molecule has 4 nitrogen and oxygen atoms in total. The highest BCUT2D eigenvalue weighted by atomic mass is 32.2. The van der Waals surface area contributed by atoms with Crippen LogP contribution in [0.5, 0.6) is 0 Å². The average molecular weight is 599 g/mol. The fraction of sp³-hybridized carbons (Fsp3) is 0. The van der Waals surface area contributed by atoms with Gasteiger partial charge in [-0.3, -0.25) is 9.97 Å². The summed E-state index contributed by atoms with van der Waals surface area (Å²) in [6, 6.07) is 44.0. The number of hydrogen-bond donors (Lipinski definition) is 0. The third-order valence-corrected chi connectivity index (χ3v) is 10.9. The van der Waals surface area contributed by atoms with Gasteiger partial charge in [0, 0.05) is 59.9 Å². The molecule has 0 unspecified atom stereocenters. The smallest absolute Gasteiger partial charge is 0.0972 e. The van der Waals surface area contributed by atoms with Crippen molar-refractivity contribution >= 4 is 68.4 Å². The molecule has 0 radical (unpaired) electrons. The molecule has 6 aromatic carbocycles. The highest BCUT2D eigenvalue weighted by molar-refractivity contribution is 8.00. The Morgan fingerprint density at radius 2 is 0.795 bits per heavy atom. The summed E-state index contributed by atoms with van der Waals surface area (Å²) in [5, 5.41) is 2.38. The number of para-hydroxylation sites is 4. The van der Waals surface area contributed by atoms with Gasteiger partial charge in [0.05, 0.1) is 34.1 Å². The SMILES string of the molecule is c1ccc2c(c1)Sc1ccccc1N2c1cc2c3c(cc(N4c5ccccc5Sc5ccccc54)cc3c1)-c1nccnc1-2. The Morgan fingerprint density at radius 1 is 0.432 bits per heavy atom. The van der Waals surface area contributed by atoms with Gasteiger partial charge < -0.3 is 9.80 Å². The molecule has 7 aromatic rings. The second kappa shape index (κ2) is 9.23. The molecule has 3 aliphatic rings. The molecule has 0 fully saturated rings. The second-order valence-electron chi connectivity index (χ2n) is 11.1. The molecule has 0 bridgehead atoms. The number of aromatic nitrogens is 2. The molecule has 10 rings (SSSR count). The van der Waals surface area contributed by atoms with Crippen molar-refractivity contribution in [2.24, 2.45) is 0 Å². The van der Waals surface area contributed by atoms with Crippen LogP contribution in [0.4, 0.5) is 34.1 Å². The lowest BCUT2D eigenvalue weighted by Crippen LogP contribution is -2.15. The minimum atomic E-state index is 0.939. The van der Waals surface area contributed by atoms with Crippen LogP contribution in [-0.4, -0.2) is 9.97 Å². The van der Waals surface area contributed by atoms with Gasteiger partial charge in [-0.25, -0.2) is 0 Å². The molecule has 0 atom stereocenters. The van der Waals surface area contributed by atoms with E-state index in [2.05, 4.69) is 131 Å². The van der Waals surface area contributed by atoms with Gasteiger partial charge in [-0.2, -0.15) is 0 Å². The van der Waals surface area contributed by atoms with Gasteiger partial charge >= 0.3 is 0 Å². The lowest BCUT2D eigenvalue weighted by atomic mass is 10.00. The van der Waals surface area contributed by atoms with Crippen LogP contribution in [-0.2, 0) is 0 Å². The minimum absolute atomic E-state index is 0.939. The Bertz CT molecular complexity index is 2080. The van der Waals surface area contributed by atoms with E-state index in [-0.39, 0.29) is 0 Å². The van der Waals surface area contributed by atoms with Crippen molar-refractivity contribution in [3.63, 3.8) is 0 Å². The quantitative estimate of drug-likeness (QED) is 0.197. The summed E-state index contributed by atoms with van der Waals surface area (Å²) < 4.78 is 0. The summed E-state index contributed by atoms with van der Waals surface area (Å²) in [5.74, 6) is 0. The van der Waals surface area contributed by atoms with Gasteiger partial charge in [-0.15, -0.1) is 0 Å². The number of nitrogens with zero attached hydrogens (tertiary/aromatic N) is 4. The molecule has 6 heteroatoms. The van der Waals surface area contributed by atoms with E-state index in [0.717, 1.165) is 33.9 Å². The molecule has 0 spiro atoms. The van der Waals surface area contributed by atoms with Crippen molar-refractivity contribution in [1.82, 2.24) is 9.97 Å². The normalized spacial score (nSPS) is 13.6. The van der Waals surface area contributed by atoms with Gasteiger partial charge in [-0.05, 0) is 78.2 Å². The first-order valence-corrected chi connectivity index (χ1v) is 16.2. The van der Waals surface area contributed by atoms with E-state index >= 15 is 0 Å². The van der Waals surface area contributed by atoms with E-state index in [1.54, 1.807) is 12.4 Å². The number of anilines is 6. The zero-order chi connectivity index (χ0) is 28.8. The fourth-order valence-corrected chi connectivity index (χ4v) is 8.93. The molecule has 2 aliphatic heterocycles. The van der Waals surface area contributed by atoms with Gasteiger partial charge in [0.2, 0.25) is 0 Å². The molecule has 0 saturated carbocycles. The van der Waals surface area contributed by atoms with E-state index in [1.165, 1.54) is 53.1 Å². The first-order chi connectivity index (χ1) is 21.8. The van der Waals surface area contributed by atoms with E-state index in [0.29, 0.717) is 0 Å². The maximum Gasteiger partial charge on any atom is 0.0972 e. The largest absolute Gasteiger partial charge is 0.308 e. The van der Waals surface area contributed by atoms with E-state index in [4.69, 9.17) is 9.97 Å². The van der Waals surface area contributed by atoms with Crippen LogP contribution in [0.1, 0.15) is 0 Å². The summed E-state index contributed by atoms with van der Waals surface area (Å²) in [4.78, 5) is 19.6. The Balaban J connectivity index is 1.27. The van der Waals surface area contributed by atoms with Crippen molar-refractivity contribution in [2.45, 2.75) is 19.6 Å². The van der Waals surface area contributed by atoms with Crippen LogP contribution >= 0.6 is 23.5 Å². The van der Waals surface area contributed by atoms with E-state index < -0.39 is 0 Å². The lowest BCUT2D eigenvalue weighted by molar-refractivity contribution is 1.17. The Kier molecular flexibility index (Phi) is 5.12. The number of benzene rings is 6. The molecule has 44 heavy (non-hydrogen) atoms. The third kappa shape index (κ3) is 3.43. The average Bonchev–Trinajstić information content (AvgIpc) is 3.40. The Morgan fingerprint density at radius 3 is 1.18 bits per heavy atom. The van der Waals surface area contributed by atoms with Crippen LogP contribution in [0.3, 0.4) is 0 Å². The molecule has 1 aliphatic carbocycles. The molecule has 206 valence electrons. The maximum absolute atomic E-state index is 4.89. The molecule has 0 N–H and O–H groups in total. The summed E-state index contributed by atoms with van der Waals surface area (Å²) >= 11 is 3.66. The molecular formula is C38H22N4S2. The summed E-state index contributed by atoms with van der Waals surface area (Å²) in [7, 11) is 0. The molecule has 3 heterocycles. The lowest BCUT2D eigenvalue weighted by Gasteiger charge is -2.34. The first-order valence-electron chi connectivity index (χ1n) is 14.6. The van der Waals surface area contributed by atoms with E-state index in [1.807, 2.05) is 23.5 Å². The van der Waals surface area contributed by atoms with Crippen LogP contribution in [0.15, 0.2) is 153 Å². The van der Waals surface area contributed by atoms with Crippen LogP contribution in [0.2, 0.25) is 0 Å². The second-order valence-corrected chi connectivity index (χ2v) is 13.3. The molecule has 1 aromatic heterocycles. The van der Waals surface area contributed by atoms with Crippen molar-refractivity contribution in [1.29, 1.82) is 0 Å². The molecule has 0 saturated heterocycles. The van der Waals surface area contributed by atoms with Gasteiger partial charge in [0.15, 0.2) is 0 Å². The summed E-state index contributed by atoms with van der Waals surface area (Å²) in [5.41, 5.74) is 11.1. The van der Waals surface area contributed by atoms with Crippen molar-refractivity contribution < 1.29 is 0 Å². The first kappa shape index (κ1) is 24.4. The summed E-state index contributed by atoms with van der Waals surface area (Å²) in [6.45, 7) is 0. The predicted molar refractivity (Wildman–Crippen MR) is 182 cm³/mol. The standard InChI is InChI=1S/C38H22N4S2/c1-5-13-32-28(9-1)41(29-10-2-6-14-33(29)43-32)24-19-23-20-25(22-27-36(23)26(21-24)37-38(27)40-18-17-39-37)42-30-11-3-7-15-34(30)44-35-16-8-4-12-31(35)42/h1-22H. The van der Waals surface area contributed by atoms with Crippen LogP contribution in [0, 0.1) is 0 Å². The third-order valence-electron chi connectivity index (χ3n) is 8.61. The molecule has 0 amide bonds. The topological polar surface area (TPSA) is 32.3 Å². The highest BCUT2D eigenvalue weighted by Gasteiger charge is 2.31. The zero-order valence-electron chi connectivity index (χ0n) is 23.3. The van der Waals surface area contributed by atoms with Crippen molar-refractivity contribution in [3.05, 3.63) is 134 Å². The van der Waals surface area contributed by atoms with Crippen molar-refractivity contribution in [3.8, 4) is 22.5 Å². The highest BCUT2D eigenvalue weighted by Crippen LogP contribution is 2.56. The number of rotatable bonds is 2. The monoisotopic (exact) mass is 598 g/mol. The molecular weight excluding hydrogens is 577 g/mol. The fourth-order valence-electron chi connectivity index (χ4n) is 6.81. The van der Waals surface area contributed by atoms with Gasteiger partial charge in [0.25, 0.3) is 0 Å². The maximum atomic E-state index is 4.89. The van der Waals surface area contributed by atoms with Gasteiger partial charge in [-0.1, -0.05) is 72.1 Å². The Labute approximate surface area is 263 Å². The number of hydrogen-bond acceptors (Lipinski definition) is 6. The zero-order valence-corrected chi connectivity index (χ0v) is 24.9. The number of fused-ring (bicyclic) bond motifs is 7. The van der Waals surface area contributed by atoms with Crippen LogP contribution < -0.4 is 9.80 Å². The van der Waals surface area contributed by atoms with Gasteiger partial charge in [0.1, 0.15) is 0 Å². The Hall–Kier alpha value is -5.04. The minimum Gasteiger partial charge on any atom is -0.308 e. The van der Waals surface area contributed by atoms with Crippen LogP contribution in [0.25, 0.3) is 33.3 Å². The van der Waals surface area contributed by atoms with E-state index in [9.17, 15) is 0 Å².